The molecule has 3 rings (SSSR count). The molecule has 1 saturated heterocycles. The zero-order chi connectivity index (χ0) is 13.5. The average Bonchev–Trinajstić information content (AvgIpc) is 2.78. The van der Waals surface area contributed by atoms with Crippen molar-refractivity contribution in [3.05, 3.63) is 23.8 Å². The lowest BCUT2D eigenvalue weighted by atomic mass is 10.1. The third-order valence-electron chi connectivity index (χ3n) is 3.59. The molecule has 1 atom stereocenters. The Bertz CT molecular complexity index is 508. The number of fused-ring (bicyclic) bond motifs is 1. The van der Waals surface area contributed by atoms with Crippen LogP contribution in [0.25, 0.3) is 0 Å². The molecule has 102 valence electrons. The Labute approximate surface area is 109 Å². The maximum absolute atomic E-state index is 13.1. The lowest BCUT2D eigenvalue weighted by Gasteiger charge is -2.29. The topological polar surface area (TPSA) is 58.1 Å². The molecule has 1 unspecified atom stereocenters. The van der Waals surface area contributed by atoms with E-state index < -0.39 is 24.9 Å². The van der Waals surface area contributed by atoms with Crippen LogP contribution in [0.3, 0.4) is 0 Å². The van der Waals surface area contributed by atoms with Gasteiger partial charge in [-0.3, -0.25) is 10.1 Å². The van der Waals surface area contributed by atoms with Gasteiger partial charge in [0.05, 0.1) is 24.8 Å². The van der Waals surface area contributed by atoms with Crippen molar-refractivity contribution < 1.29 is 13.6 Å². The van der Waals surface area contributed by atoms with E-state index in [2.05, 4.69) is 15.3 Å². The Kier molecular flexibility index (Phi) is 2.93. The minimum Gasteiger partial charge on any atom is -0.335 e. The van der Waals surface area contributed by atoms with E-state index in [-0.39, 0.29) is 5.91 Å². The first-order valence-electron chi connectivity index (χ1n) is 6.23. The van der Waals surface area contributed by atoms with Gasteiger partial charge in [0.25, 0.3) is 5.92 Å². The third-order valence-corrected chi connectivity index (χ3v) is 3.59. The van der Waals surface area contributed by atoms with E-state index in [0.717, 1.165) is 11.3 Å². The highest BCUT2D eigenvalue weighted by molar-refractivity contribution is 5.82. The summed E-state index contributed by atoms with van der Waals surface area (Å²) in [5.74, 6) is -3.04. The number of carbonyl (C=O) groups excluding carboxylic acids is 1. The Morgan fingerprint density at radius 1 is 1.53 bits per heavy atom. The van der Waals surface area contributed by atoms with Gasteiger partial charge in [0, 0.05) is 19.2 Å². The molecule has 2 aliphatic heterocycles. The molecule has 1 aromatic heterocycles. The fourth-order valence-electron chi connectivity index (χ4n) is 2.55. The summed E-state index contributed by atoms with van der Waals surface area (Å²) in [5.41, 5.74) is 1.83. The van der Waals surface area contributed by atoms with Gasteiger partial charge >= 0.3 is 0 Å². The van der Waals surface area contributed by atoms with Crippen LogP contribution in [0.5, 0.6) is 0 Å². The molecule has 0 bridgehead atoms. The van der Waals surface area contributed by atoms with Gasteiger partial charge in [-0.25, -0.2) is 18.7 Å². The number of amides is 1. The first-order chi connectivity index (χ1) is 9.05. The summed E-state index contributed by atoms with van der Waals surface area (Å²) >= 11 is 0. The van der Waals surface area contributed by atoms with Crippen LogP contribution in [-0.2, 0) is 17.8 Å². The summed E-state index contributed by atoms with van der Waals surface area (Å²) in [4.78, 5) is 21.8. The predicted molar refractivity (Wildman–Crippen MR) is 62.5 cm³/mol. The molecule has 7 heteroatoms. The first kappa shape index (κ1) is 12.4. The molecule has 5 nitrogen and oxygen atoms in total. The maximum atomic E-state index is 13.1. The standard InChI is InChI=1S/C12H14F2N4O/c13-12(14)3-9(16-6-12)11(19)18-2-1-8-4-15-7-17-10(8)5-18/h4,7,9,16H,1-3,5-6H2. The lowest BCUT2D eigenvalue weighted by molar-refractivity contribution is -0.134. The molecule has 1 N–H and O–H groups in total. The fourth-order valence-corrected chi connectivity index (χ4v) is 2.55. The Balaban J connectivity index is 1.70. The van der Waals surface area contributed by atoms with Gasteiger partial charge in [-0.1, -0.05) is 0 Å². The predicted octanol–water partition coefficient (Wildman–Crippen LogP) is 0.358. The van der Waals surface area contributed by atoms with Crippen molar-refractivity contribution in [2.45, 2.75) is 31.4 Å². The summed E-state index contributed by atoms with van der Waals surface area (Å²) in [7, 11) is 0. The normalized spacial score (nSPS) is 25.2. The number of hydrogen-bond acceptors (Lipinski definition) is 4. The number of hydrogen-bond donors (Lipinski definition) is 1. The van der Waals surface area contributed by atoms with Crippen LogP contribution in [0, 0.1) is 0 Å². The van der Waals surface area contributed by atoms with Gasteiger partial charge in [-0.05, 0) is 12.0 Å². The van der Waals surface area contributed by atoms with Gasteiger partial charge < -0.3 is 4.90 Å². The number of halogens is 2. The van der Waals surface area contributed by atoms with Crippen LogP contribution in [0.2, 0.25) is 0 Å². The van der Waals surface area contributed by atoms with E-state index in [1.54, 1.807) is 11.1 Å². The molecule has 0 saturated carbocycles. The second kappa shape index (κ2) is 4.48. The first-order valence-corrected chi connectivity index (χ1v) is 6.23. The summed E-state index contributed by atoms with van der Waals surface area (Å²) in [6.07, 6.45) is 3.44. The quantitative estimate of drug-likeness (QED) is 0.799. The van der Waals surface area contributed by atoms with Crippen LogP contribution in [0.15, 0.2) is 12.5 Å². The smallest absolute Gasteiger partial charge is 0.262 e. The Hall–Kier alpha value is -1.63. The lowest BCUT2D eigenvalue weighted by Crippen LogP contribution is -2.45. The SMILES string of the molecule is O=C(C1CC(F)(F)CN1)N1CCc2cncnc2C1. The molecule has 1 fully saturated rings. The zero-order valence-corrected chi connectivity index (χ0v) is 10.3. The Morgan fingerprint density at radius 2 is 2.37 bits per heavy atom. The van der Waals surface area contributed by atoms with Crippen molar-refractivity contribution >= 4 is 5.91 Å². The van der Waals surface area contributed by atoms with Gasteiger partial charge in [-0.15, -0.1) is 0 Å². The van der Waals surface area contributed by atoms with Gasteiger partial charge in [0.15, 0.2) is 0 Å². The molecule has 3 heterocycles. The van der Waals surface area contributed by atoms with E-state index in [4.69, 9.17) is 0 Å². The summed E-state index contributed by atoms with van der Waals surface area (Å²) < 4.78 is 26.2. The third kappa shape index (κ3) is 2.42. The van der Waals surface area contributed by atoms with Crippen molar-refractivity contribution in [1.82, 2.24) is 20.2 Å². The van der Waals surface area contributed by atoms with Crippen LogP contribution < -0.4 is 5.32 Å². The molecular weight excluding hydrogens is 254 g/mol. The van der Waals surface area contributed by atoms with Crippen molar-refractivity contribution in [1.29, 1.82) is 0 Å². The second-order valence-electron chi connectivity index (χ2n) is 5.00. The van der Waals surface area contributed by atoms with E-state index >= 15 is 0 Å². The van der Waals surface area contributed by atoms with Crippen molar-refractivity contribution in [2.24, 2.45) is 0 Å². The maximum Gasteiger partial charge on any atom is 0.262 e. The summed E-state index contributed by atoms with van der Waals surface area (Å²) in [6.45, 7) is 0.486. The van der Waals surface area contributed by atoms with Crippen LogP contribution in [0.4, 0.5) is 8.78 Å². The minimum absolute atomic E-state index is 0.263. The largest absolute Gasteiger partial charge is 0.335 e. The zero-order valence-electron chi connectivity index (χ0n) is 10.3. The molecule has 0 spiro atoms. The van der Waals surface area contributed by atoms with Gasteiger partial charge in [0.1, 0.15) is 6.33 Å². The molecule has 0 radical (unpaired) electrons. The molecule has 1 aromatic rings. The monoisotopic (exact) mass is 268 g/mol. The van der Waals surface area contributed by atoms with Crippen molar-refractivity contribution in [3.8, 4) is 0 Å². The second-order valence-corrected chi connectivity index (χ2v) is 5.00. The molecule has 19 heavy (non-hydrogen) atoms. The number of aromatic nitrogens is 2. The number of nitrogens with one attached hydrogen (secondary N) is 1. The van der Waals surface area contributed by atoms with Crippen LogP contribution >= 0.6 is 0 Å². The highest BCUT2D eigenvalue weighted by atomic mass is 19.3. The van der Waals surface area contributed by atoms with Crippen molar-refractivity contribution in [3.63, 3.8) is 0 Å². The average molecular weight is 268 g/mol. The fraction of sp³-hybridized carbons (Fsp3) is 0.583. The van der Waals surface area contributed by atoms with Crippen molar-refractivity contribution in [2.75, 3.05) is 13.1 Å². The van der Waals surface area contributed by atoms with Crippen LogP contribution in [0.1, 0.15) is 17.7 Å². The number of rotatable bonds is 1. The molecule has 0 aliphatic carbocycles. The van der Waals surface area contributed by atoms with E-state index in [9.17, 15) is 13.6 Å². The molecule has 2 aliphatic rings. The van der Waals surface area contributed by atoms with Gasteiger partial charge in [0.2, 0.25) is 5.91 Å². The molecule has 0 aromatic carbocycles. The van der Waals surface area contributed by atoms with E-state index in [1.807, 2.05) is 0 Å². The number of nitrogens with zero attached hydrogens (tertiary/aromatic N) is 3. The van der Waals surface area contributed by atoms with E-state index in [0.29, 0.717) is 19.5 Å². The number of carbonyl (C=O) groups is 1. The van der Waals surface area contributed by atoms with Gasteiger partial charge in [-0.2, -0.15) is 0 Å². The summed E-state index contributed by atoms with van der Waals surface area (Å²) in [5, 5.41) is 2.59. The van der Waals surface area contributed by atoms with Crippen LogP contribution in [-0.4, -0.2) is 45.8 Å². The summed E-state index contributed by atoms with van der Waals surface area (Å²) in [6, 6.07) is -0.779. The highest BCUT2D eigenvalue weighted by Crippen LogP contribution is 2.27. The molecule has 1 amide bonds. The number of alkyl halides is 2. The van der Waals surface area contributed by atoms with E-state index in [1.165, 1.54) is 6.33 Å². The Morgan fingerprint density at radius 3 is 3.11 bits per heavy atom. The highest BCUT2D eigenvalue weighted by Gasteiger charge is 2.43. The molecular formula is C12H14F2N4O. The minimum atomic E-state index is -2.78.